The summed E-state index contributed by atoms with van der Waals surface area (Å²) in [6, 6.07) is 15.2. The van der Waals surface area contributed by atoms with Gasteiger partial charge in [-0.1, -0.05) is 42.5 Å². The third kappa shape index (κ3) is 2.67. The number of nitrogens with zero attached hydrogens (tertiary/aromatic N) is 1. The highest BCUT2D eigenvalue weighted by Crippen LogP contribution is 2.31. The van der Waals surface area contributed by atoms with E-state index in [1.54, 1.807) is 16.3 Å². The largest absolute Gasteiger partial charge is 0.481 e. The zero-order valence-corrected chi connectivity index (χ0v) is 12.8. The molecule has 0 saturated carbocycles. The number of para-hydroxylation sites is 1. The standard InChI is InChI=1S/C17H15NO3S/c1-22(21)18-11-15(14-7-2-3-8-16(14)18)13-6-4-5-12(9-13)10-17(19)20/h2-9,11H,10H2,1H3,(H,19,20). The summed E-state index contributed by atoms with van der Waals surface area (Å²) in [4.78, 5) is 10.9. The molecule has 0 spiro atoms. The Labute approximate surface area is 130 Å². The first-order valence-electron chi connectivity index (χ1n) is 6.81. The van der Waals surface area contributed by atoms with Gasteiger partial charge in [-0.05, 0) is 17.2 Å². The molecule has 1 heterocycles. The van der Waals surface area contributed by atoms with Gasteiger partial charge in [0.05, 0.1) is 11.9 Å². The second-order valence-corrected chi connectivity index (χ2v) is 6.32. The number of rotatable bonds is 4. The number of fused-ring (bicyclic) bond motifs is 1. The Bertz CT molecular complexity index is 882. The molecule has 3 rings (SSSR count). The summed E-state index contributed by atoms with van der Waals surface area (Å²) in [5.41, 5.74) is 3.54. The Balaban J connectivity index is 2.18. The number of aromatic nitrogens is 1. The van der Waals surface area contributed by atoms with Gasteiger partial charge in [-0.2, -0.15) is 0 Å². The van der Waals surface area contributed by atoms with Gasteiger partial charge in [0.1, 0.15) is 11.0 Å². The van der Waals surface area contributed by atoms with Crippen LogP contribution in [0.1, 0.15) is 5.56 Å². The number of carboxylic acid groups (broad SMARTS) is 1. The van der Waals surface area contributed by atoms with E-state index in [1.807, 2.05) is 48.7 Å². The van der Waals surface area contributed by atoms with Crippen LogP contribution in [0.15, 0.2) is 54.7 Å². The molecule has 22 heavy (non-hydrogen) atoms. The fraction of sp³-hybridized carbons (Fsp3) is 0.118. The minimum Gasteiger partial charge on any atom is -0.481 e. The summed E-state index contributed by atoms with van der Waals surface area (Å²) in [7, 11) is -1.15. The molecule has 0 aliphatic heterocycles. The third-order valence-corrected chi connectivity index (χ3v) is 4.40. The Morgan fingerprint density at radius 3 is 2.68 bits per heavy atom. The minimum atomic E-state index is -1.15. The molecule has 0 radical (unpaired) electrons. The number of hydrogen-bond donors (Lipinski definition) is 1. The second kappa shape index (κ2) is 5.77. The van der Waals surface area contributed by atoms with Crippen LogP contribution in [0.4, 0.5) is 0 Å². The lowest BCUT2D eigenvalue weighted by Gasteiger charge is -2.03. The Morgan fingerprint density at radius 1 is 1.18 bits per heavy atom. The van der Waals surface area contributed by atoms with Gasteiger partial charge >= 0.3 is 5.97 Å². The SMILES string of the molecule is CS(=O)n1cc(-c2cccc(CC(=O)O)c2)c2ccccc21. The average molecular weight is 313 g/mol. The molecule has 0 saturated heterocycles. The molecule has 0 bridgehead atoms. The van der Waals surface area contributed by atoms with E-state index in [-0.39, 0.29) is 6.42 Å². The smallest absolute Gasteiger partial charge is 0.307 e. The number of hydrogen-bond acceptors (Lipinski definition) is 2. The van der Waals surface area contributed by atoms with E-state index in [1.165, 1.54) is 0 Å². The predicted molar refractivity (Wildman–Crippen MR) is 88.2 cm³/mol. The van der Waals surface area contributed by atoms with Gasteiger partial charge in [-0.15, -0.1) is 0 Å². The monoisotopic (exact) mass is 313 g/mol. The van der Waals surface area contributed by atoms with Crippen LogP contribution in [-0.4, -0.2) is 25.5 Å². The van der Waals surface area contributed by atoms with Crippen LogP contribution in [0, 0.1) is 0 Å². The number of benzene rings is 2. The molecule has 1 unspecified atom stereocenters. The van der Waals surface area contributed by atoms with E-state index >= 15 is 0 Å². The minimum absolute atomic E-state index is 0.00775. The first kappa shape index (κ1) is 14.5. The number of aliphatic carboxylic acids is 1. The summed E-state index contributed by atoms with van der Waals surface area (Å²) in [5.74, 6) is -0.853. The van der Waals surface area contributed by atoms with Gasteiger partial charge in [-0.25, -0.2) is 4.21 Å². The normalized spacial score (nSPS) is 12.4. The van der Waals surface area contributed by atoms with Gasteiger partial charge in [0, 0.05) is 23.4 Å². The lowest BCUT2D eigenvalue weighted by atomic mass is 10.0. The van der Waals surface area contributed by atoms with Crippen molar-refractivity contribution in [2.24, 2.45) is 0 Å². The van der Waals surface area contributed by atoms with Gasteiger partial charge < -0.3 is 5.11 Å². The lowest BCUT2D eigenvalue weighted by molar-refractivity contribution is -0.136. The van der Waals surface area contributed by atoms with E-state index in [0.29, 0.717) is 0 Å². The molecular formula is C17H15NO3S. The van der Waals surface area contributed by atoms with Gasteiger partial charge in [0.2, 0.25) is 0 Å². The highest BCUT2D eigenvalue weighted by Gasteiger charge is 2.12. The topological polar surface area (TPSA) is 59.3 Å². The summed E-state index contributed by atoms with van der Waals surface area (Å²) in [5, 5.41) is 9.94. The van der Waals surface area contributed by atoms with Gasteiger partial charge in [0.25, 0.3) is 0 Å². The van der Waals surface area contributed by atoms with Crippen LogP contribution >= 0.6 is 0 Å². The zero-order valence-electron chi connectivity index (χ0n) is 12.0. The zero-order chi connectivity index (χ0) is 15.7. The Kier molecular flexibility index (Phi) is 3.81. The molecule has 2 aromatic carbocycles. The maximum absolute atomic E-state index is 11.9. The van der Waals surface area contributed by atoms with Crippen molar-refractivity contribution in [1.29, 1.82) is 0 Å². The number of carbonyl (C=O) groups is 1. The van der Waals surface area contributed by atoms with E-state index < -0.39 is 17.0 Å². The fourth-order valence-electron chi connectivity index (χ4n) is 2.62. The van der Waals surface area contributed by atoms with Crippen molar-refractivity contribution >= 4 is 27.9 Å². The van der Waals surface area contributed by atoms with Crippen molar-refractivity contribution in [1.82, 2.24) is 3.97 Å². The maximum atomic E-state index is 11.9. The third-order valence-electron chi connectivity index (χ3n) is 3.55. The molecule has 0 fully saturated rings. The fourth-order valence-corrected chi connectivity index (χ4v) is 3.31. The molecular weight excluding hydrogens is 298 g/mol. The summed E-state index contributed by atoms with van der Waals surface area (Å²) in [6.45, 7) is 0. The molecule has 112 valence electrons. The van der Waals surface area contributed by atoms with Crippen LogP contribution in [0.5, 0.6) is 0 Å². The summed E-state index contributed by atoms with van der Waals surface area (Å²) in [6.07, 6.45) is 3.49. The molecule has 0 aliphatic rings. The van der Waals surface area contributed by atoms with E-state index in [2.05, 4.69) is 0 Å². The number of carboxylic acids is 1. The lowest BCUT2D eigenvalue weighted by Crippen LogP contribution is -2.00. The summed E-state index contributed by atoms with van der Waals surface area (Å²) < 4.78 is 13.6. The highest BCUT2D eigenvalue weighted by atomic mass is 32.2. The molecule has 1 atom stereocenters. The Morgan fingerprint density at radius 2 is 1.95 bits per heavy atom. The molecule has 5 heteroatoms. The molecule has 0 amide bonds. The summed E-state index contributed by atoms with van der Waals surface area (Å²) >= 11 is 0. The van der Waals surface area contributed by atoms with Crippen molar-refractivity contribution in [2.45, 2.75) is 6.42 Å². The van der Waals surface area contributed by atoms with Crippen molar-refractivity contribution in [3.63, 3.8) is 0 Å². The van der Waals surface area contributed by atoms with Crippen LogP contribution in [0.25, 0.3) is 22.0 Å². The van der Waals surface area contributed by atoms with Gasteiger partial charge in [-0.3, -0.25) is 8.77 Å². The molecule has 1 aromatic heterocycles. The Hall–Kier alpha value is -2.40. The second-order valence-electron chi connectivity index (χ2n) is 5.08. The average Bonchev–Trinajstić information content (AvgIpc) is 2.86. The van der Waals surface area contributed by atoms with Gasteiger partial charge in [0.15, 0.2) is 0 Å². The van der Waals surface area contributed by atoms with Crippen LogP contribution in [0.2, 0.25) is 0 Å². The van der Waals surface area contributed by atoms with E-state index in [0.717, 1.165) is 27.6 Å². The first-order chi connectivity index (χ1) is 10.6. The first-order valence-corrected chi connectivity index (χ1v) is 8.33. The van der Waals surface area contributed by atoms with Crippen LogP contribution < -0.4 is 0 Å². The predicted octanol–water partition coefficient (Wildman–Crippen LogP) is 3.08. The quantitative estimate of drug-likeness (QED) is 0.805. The molecule has 0 aliphatic carbocycles. The molecule has 1 N–H and O–H groups in total. The maximum Gasteiger partial charge on any atom is 0.307 e. The van der Waals surface area contributed by atoms with Crippen molar-refractivity contribution in [3.8, 4) is 11.1 Å². The van der Waals surface area contributed by atoms with Crippen molar-refractivity contribution in [3.05, 3.63) is 60.3 Å². The van der Waals surface area contributed by atoms with Crippen molar-refractivity contribution in [2.75, 3.05) is 6.26 Å². The molecule has 4 nitrogen and oxygen atoms in total. The van der Waals surface area contributed by atoms with E-state index in [4.69, 9.17) is 5.11 Å². The van der Waals surface area contributed by atoms with E-state index in [9.17, 15) is 9.00 Å². The van der Waals surface area contributed by atoms with Crippen molar-refractivity contribution < 1.29 is 14.1 Å². The highest BCUT2D eigenvalue weighted by molar-refractivity contribution is 7.82. The van der Waals surface area contributed by atoms with Crippen LogP contribution in [-0.2, 0) is 22.2 Å². The molecule has 3 aromatic rings. The van der Waals surface area contributed by atoms with Crippen LogP contribution in [0.3, 0.4) is 0 Å².